The highest BCUT2D eigenvalue weighted by Crippen LogP contribution is 2.22. The third-order valence-corrected chi connectivity index (χ3v) is 4.84. The van der Waals surface area contributed by atoms with Gasteiger partial charge in [0.05, 0.1) is 6.54 Å². The SMILES string of the molecule is CCCC(C)NC(=O)CNc1ccc(I)c(Br)c1. The van der Waals surface area contributed by atoms with Gasteiger partial charge in [-0.1, -0.05) is 13.3 Å². The van der Waals surface area contributed by atoms with Gasteiger partial charge in [-0.3, -0.25) is 4.79 Å². The number of halogens is 2. The third kappa shape index (κ3) is 5.56. The van der Waals surface area contributed by atoms with Gasteiger partial charge >= 0.3 is 0 Å². The summed E-state index contributed by atoms with van der Waals surface area (Å²) in [5, 5.41) is 6.08. The molecule has 1 amide bonds. The molecule has 0 heterocycles. The fraction of sp³-hybridized carbons (Fsp3) is 0.462. The monoisotopic (exact) mass is 424 g/mol. The van der Waals surface area contributed by atoms with E-state index in [9.17, 15) is 4.79 Å². The number of carbonyl (C=O) groups excluding carboxylic acids is 1. The van der Waals surface area contributed by atoms with Gasteiger partial charge in [0.1, 0.15) is 0 Å². The molecular weight excluding hydrogens is 407 g/mol. The van der Waals surface area contributed by atoms with Crippen LogP contribution in [0.15, 0.2) is 22.7 Å². The predicted octanol–water partition coefficient (Wildman–Crippen LogP) is 3.77. The Bertz CT molecular complexity index is 412. The molecule has 0 fully saturated rings. The van der Waals surface area contributed by atoms with Crippen molar-refractivity contribution in [1.82, 2.24) is 5.32 Å². The molecule has 5 heteroatoms. The Morgan fingerprint density at radius 2 is 2.22 bits per heavy atom. The second-order valence-corrected chi connectivity index (χ2v) is 6.26. The van der Waals surface area contributed by atoms with Crippen LogP contribution < -0.4 is 10.6 Å². The van der Waals surface area contributed by atoms with Crippen LogP contribution in [0.2, 0.25) is 0 Å². The van der Waals surface area contributed by atoms with E-state index in [1.807, 2.05) is 25.1 Å². The zero-order valence-corrected chi connectivity index (χ0v) is 14.3. The molecule has 1 aromatic carbocycles. The van der Waals surface area contributed by atoms with Gasteiger partial charge < -0.3 is 10.6 Å². The first-order valence-corrected chi connectivity index (χ1v) is 7.88. The Kier molecular flexibility index (Phi) is 6.99. The van der Waals surface area contributed by atoms with Crippen LogP contribution in [0, 0.1) is 3.57 Å². The first-order chi connectivity index (χ1) is 8.52. The second-order valence-electron chi connectivity index (χ2n) is 4.24. The summed E-state index contributed by atoms with van der Waals surface area (Å²) in [7, 11) is 0. The summed E-state index contributed by atoms with van der Waals surface area (Å²) in [4.78, 5) is 11.7. The zero-order valence-electron chi connectivity index (χ0n) is 10.6. The lowest BCUT2D eigenvalue weighted by Gasteiger charge is -2.13. The lowest BCUT2D eigenvalue weighted by atomic mass is 10.2. The molecule has 18 heavy (non-hydrogen) atoms. The van der Waals surface area contributed by atoms with Crippen LogP contribution in [0.25, 0.3) is 0 Å². The Hall–Kier alpha value is -0.300. The lowest BCUT2D eigenvalue weighted by molar-refractivity contribution is -0.120. The van der Waals surface area contributed by atoms with Crippen molar-refractivity contribution in [3.8, 4) is 0 Å². The van der Waals surface area contributed by atoms with Gasteiger partial charge in [0.15, 0.2) is 0 Å². The van der Waals surface area contributed by atoms with Crippen molar-refractivity contribution in [3.05, 3.63) is 26.2 Å². The Balaban J connectivity index is 2.40. The number of hydrogen-bond acceptors (Lipinski definition) is 2. The molecule has 0 aliphatic carbocycles. The molecule has 1 aromatic rings. The fourth-order valence-electron chi connectivity index (χ4n) is 1.62. The van der Waals surface area contributed by atoms with Crippen molar-refractivity contribution in [1.29, 1.82) is 0 Å². The summed E-state index contributed by atoms with van der Waals surface area (Å²) in [5.74, 6) is 0.0330. The Labute approximate surface area is 130 Å². The highest BCUT2D eigenvalue weighted by atomic mass is 127. The maximum Gasteiger partial charge on any atom is 0.239 e. The maximum atomic E-state index is 11.7. The molecule has 2 N–H and O–H groups in total. The molecule has 0 saturated carbocycles. The van der Waals surface area contributed by atoms with Crippen LogP contribution >= 0.6 is 38.5 Å². The van der Waals surface area contributed by atoms with Crippen molar-refractivity contribution in [2.75, 3.05) is 11.9 Å². The third-order valence-electron chi connectivity index (χ3n) is 2.50. The molecule has 1 unspecified atom stereocenters. The van der Waals surface area contributed by atoms with E-state index in [0.717, 1.165) is 26.6 Å². The summed E-state index contributed by atoms with van der Waals surface area (Å²) in [6.45, 7) is 4.45. The van der Waals surface area contributed by atoms with E-state index in [4.69, 9.17) is 0 Å². The van der Waals surface area contributed by atoms with Crippen molar-refractivity contribution >= 4 is 50.1 Å². The van der Waals surface area contributed by atoms with E-state index in [-0.39, 0.29) is 11.9 Å². The molecule has 100 valence electrons. The highest BCUT2D eigenvalue weighted by Gasteiger charge is 2.06. The van der Waals surface area contributed by atoms with Crippen LogP contribution in [0.5, 0.6) is 0 Å². The summed E-state index contributed by atoms with van der Waals surface area (Å²) in [6, 6.07) is 6.19. The van der Waals surface area contributed by atoms with E-state index in [2.05, 4.69) is 56.1 Å². The van der Waals surface area contributed by atoms with Crippen LogP contribution in [-0.2, 0) is 4.79 Å². The molecule has 0 aliphatic heterocycles. The minimum absolute atomic E-state index is 0.0330. The van der Waals surface area contributed by atoms with Gasteiger partial charge in [0.25, 0.3) is 0 Å². The molecule has 0 saturated heterocycles. The largest absolute Gasteiger partial charge is 0.376 e. The number of rotatable bonds is 6. The average molecular weight is 425 g/mol. The highest BCUT2D eigenvalue weighted by molar-refractivity contribution is 14.1. The van der Waals surface area contributed by atoms with Crippen LogP contribution in [0.3, 0.4) is 0 Å². The minimum Gasteiger partial charge on any atom is -0.376 e. The Morgan fingerprint density at radius 1 is 1.50 bits per heavy atom. The second kappa shape index (κ2) is 7.99. The van der Waals surface area contributed by atoms with Gasteiger partial charge in [-0.2, -0.15) is 0 Å². The van der Waals surface area contributed by atoms with E-state index in [0.29, 0.717) is 6.54 Å². The summed E-state index contributed by atoms with van der Waals surface area (Å²) in [6.07, 6.45) is 2.10. The average Bonchev–Trinajstić information content (AvgIpc) is 2.31. The van der Waals surface area contributed by atoms with Gasteiger partial charge in [-0.15, -0.1) is 0 Å². The number of benzene rings is 1. The van der Waals surface area contributed by atoms with Crippen molar-refractivity contribution in [3.63, 3.8) is 0 Å². The molecule has 0 aromatic heterocycles. The topological polar surface area (TPSA) is 41.1 Å². The van der Waals surface area contributed by atoms with E-state index in [1.165, 1.54) is 0 Å². The van der Waals surface area contributed by atoms with Crippen molar-refractivity contribution < 1.29 is 4.79 Å². The first kappa shape index (κ1) is 15.8. The van der Waals surface area contributed by atoms with Gasteiger partial charge in [-0.05, 0) is 70.1 Å². The number of carbonyl (C=O) groups is 1. The van der Waals surface area contributed by atoms with E-state index in [1.54, 1.807) is 0 Å². The molecule has 1 atom stereocenters. The van der Waals surface area contributed by atoms with Gasteiger partial charge in [0.2, 0.25) is 5.91 Å². The Morgan fingerprint density at radius 3 is 2.83 bits per heavy atom. The summed E-state index contributed by atoms with van der Waals surface area (Å²) >= 11 is 5.72. The first-order valence-electron chi connectivity index (χ1n) is 6.01. The van der Waals surface area contributed by atoms with Crippen molar-refractivity contribution in [2.24, 2.45) is 0 Å². The van der Waals surface area contributed by atoms with Crippen LogP contribution in [0.1, 0.15) is 26.7 Å². The zero-order chi connectivity index (χ0) is 13.5. The fourth-order valence-corrected chi connectivity index (χ4v) is 2.33. The van der Waals surface area contributed by atoms with Crippen LogP contribution in [-0.4, -0.2) is 18.5 Å². The standard InChI is InChI=1S/C13H18BrIN2O/c1-3-4-9(2)17-13(18)8-16-10-5-6-12(15)11(14)7-10/h5-7,9,16H,3-4,8H2,1-2H3,(H,17,18). The molecular formula is C13H18BrIN2O. The smallest absolute Gasteiger partial charge is 0.239 e. The molecule has 3 nitrogen and oxygen atoms in total. The number of nitrogens with one attached hydrogen (secondary N) is 2. The summed E-state index contributed by atoms with van der Waals surface area (Å²) < 4.78 is 2.19. The number of hydrogen-bond donors (Lipinski definition) is 2. The summed E-state index contributed by atoms with van der Waals surface area (Å²) in [5.41, 5.74) is 0.945. The van der Waals surface area contributed by atoms with Gasteiger partial charge in [0, 0.05) is 19.8 Å². The molecule has 0 radical (unpaired) electrons. The lowest BCUT2D eigenvalue weighted by Crippen LogP contribution is -2.36. The molecule has 0 spiro atoms. The van der Waals surface area contributed by atoms with Crippen molar-refractivity contribution in [2.45, 2.75) is 32.7 Å². The predicted molar refractivity (Wildman–Crippen MR) is 87.9 cm³/mol. The minimum atomic E-state index is 0.0330. The number of amides is 1. The van der Waals surface area contributed by atoms with Gasteiger partial charge in [-0.25, -0.2) is 0 Å². The quantitative estimate of drug-likeness (QED) is 0.682. The molecule has 1 rings (SSSR count). The molecule has 0 aliphatic rings. The molecule has 0 bridgehead atoms. The number of anilines is 1. The van der Waals surface area contributed by atoms with E-state index >= 15 is 0 Å². The maximum absolute atomic E-state index is 11.7. The van der Waals surface area contributed by atoms with E-state index < -0.39 is 0 Å². The normalized spacial score (nSPS) is 12.0. The van der Waals surface area contributed by atoms with Crippen LogP contribution in [0.4, 0.5) is 5.69 Å².